The van der Waals surface area contributed by atoms with E-state index in [1.54, 1.807) is 24.3 Å². The molecule has 2 aromatic rings. The van der Waals surface area contributed by atoms with Gasteiger partial charge in [-0.05, 0) is 42.5 Å². The van der Waals surface area contributed by atoms with E-state index in [9.17, 15) is 18.8 Å². The lowest BCUT2D eigenvalue weighted by atomic mass is 10.2. The molecule has 0 spiro atoms. The molecule has 0 bridgehead atoms. The van der Waals surface area contributed by atoms with E-state index in [-0.39, 0.29) is 17.1 Å². The van der Waals surface area contributed by atoms with Crippen LogP contribution < -0.4 is 10.7 Å². The van der Waals surface area contributed by atoms with Crippen LogP contribution in [0.1, 0.15) is 16.8 Å². The normalized spacial score (nSPS) is 16.2. The third-order valence-electron chi connectivity index (χ3n) is 4.26. The first-order chi connectivity index (χ1) is 13.8. The Bertz CT molecular complexity index is 1000. The maximum Gasteiger partial charge on any atom is 0.269 e. The molecule has 10 heteroatoms. The molecule has 0 aliphatic carbocycles. The first-order valence-electron chi connectivity index (χ1n) is 8.49. The summed E-state index contributed by atoms with van der Waals surface area (Å²) in [6.45, 7) is 0. The molecule has 1 unspecified atom stereocenters. The minimum atomic E-state index is -1.05. The predicted molar refractivity (Wildman–Crippen MR) is 110 cm³/mol. The molecule has 3 rings (SSSR count). The van der Waals surface area contributed by atoms with Gasteiger partial charge in [0.15, 0.2) is 5.11 Å². The monoisotopic (exact) mass is 434 g/mol. The Labute approximate surface area is 176 Å². The standard InChI is InChI=1S/C19H16ClFN4O3S/c1-24-18(28)15(10-16(26)22-14-8-3-2-7-13(14)20)25(19(24)29)23-17(27)11-5-4-6-12(21)9-11/h2-9,15H,10H2,1H3,(H,22,26)(H,23,27). The third-order valence-corrected chi connectivity index (χ3v) is 5.06. The van der Waals surface area contributed by atoms with Crippen LogP contribution in [-0.2, 0) is 9.59 Å². The van der Waals surface area contributed by atoms with Gasteiger partial charge in [-0.25, -0.2) is 9.40 Å². The van der Waals surface area contributed by atoms with Gasteiger partial charge in [0.25, 0.3) is 11.8 Å². The molecule has 2 N–H and O–H groups in total. The Morgan fingerprint density at radius 1 is 1.21 bits per heavy atom. The number of hydrogen-bond acceptors (Lipinski definition) is 4. The van der Waals surface area contributed by atoms with Crippen LogP contribution in [0.2, 0.25) is 5.02 Å². The highest BCUT2D eigenvalue weighted by atomic mass is 35.5. The molecular weight excluding hydrogens is 419 g/mol. The van der Waals surface area contributed by atoms with E-state index < -0.39 is 29.6 Å². The van der Waals surface area contributed by atoms with Crippen molar-refractivity contribution in [1.29, 1.82) is 0 Å². The van der Waals surface area contributed by atoms with Gasteiger partial charge in [-0.3, -0.25) is 24.7 Å². The summed E-state index contributed by atoms with van der Waals surface area (Å²) in [7, 11) is 1.44. The molecule has 1 fully saturated rings. The van der Waals surface area contributed by atoms with E-state index in [1.165, 1.54) is 25.2 Å². The van der Waals surface area contributed by atoms with Crippen molar-refractivity contribution >= 4 is 52.3 Å². The summed E-state index contributed by atoms with van der Waals surface area (Å²) in [5, 5.41) is 4.14. The number of nitrogens with zero attached hydrogens (tertiary/aromatic N) is 2. The van der Waals surface area contributed by atoms with Crippen molar-refractivity contribution in [2.24, 2.45) is 0 Å². The van der Waals surface area contributed by atoms with Crippen LogP contribution in [0.25, 0.3) is 0 Å². The van der Waals surface area contributed by atoms with E-state index >= 15 is 0 Å². The molecule has 0 saturated carbocycles. The zero-order chi connectivity index (χ0) is 21.1. The quantitative estimate of drug-likeness (QED) is 0.707. The molecule has 1 heterocycles. The Hall–Kier alpha value is -3.04. The summed E-state index contributed by atoms with van der Waals surface area (Å²) >= 11 is 11.2. The highest BCUT2D eigenvalue weighted by Crippen LogP contribution is 2.22. The number of carbonyl (C=O) groups excluding carboxylic acids is 3. The van der Waals surface area contributed by atoms with Crippen molar-refractivity contribution in [3.05, 3.63) is 64.9 Å². The summed E-state index contributed by atoms with van der Waals surface area (Å²) in [6.07, 6.45) is -0.280. The number of nitrogens with one attached hydrogen (secondary N) is 2. The van der Waals surface area contributed by atoms with Gasteiger partial charge in [0, 0.05) is 12.6 Å². The molecule has 1 atom stereocenters. The van der Waals surface area contributed by atoms with Crippen molar-refractivity contribution in [1.82, 2.24) is 15.3 Å². The summed E-state index contributed by atoms with van der Waals surface area (Å²) in [5.74, 6) is -2.18. The van der Waals surface area contributed by atoms with Crippen LogP contribution in [0.5, 0.6) is 0 Å². The Kier molecular flexibility index (Phi) is 6.09. The predicted octanol–water partition coefficient (Wildman–Crippen LogP) is 2.58. The lowest BCUT2D eigenvalue weighted by molar-refractivity contribution is -0.130. The van der Waals surface area contributed by atoms with Crippen molar-refractivity contribution in [3.8, 4) is 0 Å². The smallest absolute Gasteiger partial charge is 0.269 e. The fourth-order valence-electron chi connectivity index (χ4n) is 2.77. The van der Waals surface area contributed by atoms with Crippen LogP contribution in [-0.4, -0.2) is 45.8 Å². The van der Waals surface area contributed by atoms with Crippen LogP contribution in [0, 0.1) is 5.82 Å². The molecule has 1 saturated heterocycles. The van der Waals surface area contributed by atoms with Gasteiger partial charge in [-0.1, -0.05) is 29.8 Å². The van der Waals surface area contributed by atoms with E-state index in [2.05, 4.69) is 10.7 Å². The maximum atomic E-state index is 13.4. The van der Waals surface area contributed by atoms with E-state index in [0.717, 1.165) is 16.0 Å². The number of amides is 3. The van der Waals surface area contributed by atoms with Crippen LogP contribution >= 0.6 is 23.8 Å². The minimum Gasteiger partial charge on any atom is -0.325 e. The van der Waals surface area contributed by atoms with Gasteiger partial charge in [0.2, 0.25) is 5.91 Å². The Morgan fingerprint density at radius 2 is 1.93 bits per heavy atom. The molecule has 29 heavy (non-hydrogen) atoms. The number of hydrogen-bond donors (Lipinski definition) is 2. The van der Waals surface area contributed by atoms with Crippen LogP contribution in [0.3, 0.4) is 0 Å². The fraction of sp³-hybridized carbons (Fsp3) is 0.158. The van der Waals surface area contributed by atoms with E-state index in [0.29, 0.717) is 10.7 Å². The molecule has 1 aliphatic rings. The zero-order valence-electron chi connectivity index (χ0n) is 15.2. The lowest BCUT2D eigenvalue weighted by Gasteiger charge is -2.24. The number of rotatable bonds is 5. The first kappa shape index (κ1) is 20.7. The molecule has 1 aliphatic heterocycles. The Balaban J connectivity index is 1.75. The topological polar surface area (TPSA) is 81.8 Å². The number of thiocarbonyl (C=S) groups is 1. The zero-order valence-corrected chi connectivity index (χ0v) is 16.8. The SMILES string of the molecule is CN1C(=O)C(CC(=O)Nc2ccccc2Cl)N(NC(=O)c2cccc(F)c2)C1=S. The van der Waals surface area contributed by atoms with Gasteiger partial charge >= 0.3 is 0 Å². The maximum absolute atomic E-state index is 13.4. The minimum absolute atomic E-state index is 0.0234. The van der Waals surface area contributed by atoms with Gasteiger partial charge in [-0.15, -0.1) is 0 Å². The molecule has 0 radical (unpaired) electrons. The average molecular weight is 435 g/mol. The van der Waals surface area contributed by atoms with Gasteiger partial charge < -0.3 is 5.32 Å². The van der Waals surface area contributed by atoms with Crippen molar-refractivity contribution in [3.63, 3.8) is 0 Å². The number of carbonyl (C=O) groups is 3. The second kappa shape index (κ2) is 8.54. The average Bonchev–Trinajstić information content (AvgIpc) is 2.88. The highest BCUT2D eigenvalue weighted by molar-refractivity contribution is 7.80. The van der Waals surface area contributed by atoms with Crippen molar-refractivity contribution in [2.45, 2.75) is 12.5 Å². The summed E-state index contributed by atoms with van der Waals surface area (Å²) < 4.78 is 13.4. The molecule has 3 amide bonds. The molecule has 0 aromatic heterocycles. The number of benzene rings is 2. The number of para-hydroxylation sites is 1. The molecule has 150 valence electrons. The van der Waals surface area contributed by atoms with Gasteiger partial charge in [-0.2, -0.15) is 0 Å². The second-order valence-electron chi connectivity index (χ2n) is 6.25. The van der Waals surface area contributed by atoms with Crippen LogP contribution in [0.15, 0.2) is 48.5 Å². The number of hydrazine groups is 1. The number of likely N-dealkylation sites (N-methyl/N-ethyl adjacent to an activating group) is 1. The molecule has 2 aromatic carbocycles. The molecule has 7 nitrogen and oxygen atoms in total. The molecular formula is C19H16ClFN4O3S. The fourth-order valence-corrected chi connectivity index (χ4v) is 3.22. The van der Waals surface area contributed by atoms with Crippen molar-refractivity contribution < 1.29 is 18.8 Å². The van der Waals surface area contributed by atoms with E-state index in [1.807, 2.05) is 0 Å². The lowest BCUT2D eigenvalue weighted by Crippen LogP contribution is -2.49. The largest absolute Gasteiger partial charge is 0.325 e. The van der Waals surface area contributed by atoms with Gasteiger partial charge in [0.05, 0.1) is 17.1 Å². The summed E-state index contributed by atoms with van der Waals surface area (Å²) in [5.41, 5.74) is 2.93. The summed E-state index contributed by atoms with van der Waals surface area (Å²) in [4.78, 5) is 38.6. The highest BCUT2D eigenvalue weighted by Gasteiger charge is 2.42. The third kappa shape index (κ3) is 4.52. The Morgan fingerprint density at radius 3 is 2.62 bits per heavy atom. The van der Waals surface area contributed by atoms with Crippen LogP contribution in [0.4, 0.5) is 10.1 Å². The second-order valence-corrected chi connectivity index (χ2v) is 7.02. The van der Waals surface area contributed by atoms with Gasteiger partial charge in [0.1, 0.15) is 11.9 Å². The number of halogens is 2. The van der Waals surface area contributed by atoms with Crippen molar-refractivity contribution in [2.75, 3.05) is 12.4 Å². The number of anilines is 1. The summed E-state index contributed by atoms with van der Waals surface area (Å²) in [6, 6.07) is 10.7. The first-order valence-corrected chi connectivity index (χ1v) is 9.28. The van der Waals surface area contributed by atoms with E-state index in [4.69, 9.17) is 23.8 Å².